The van der Waals surface area contributed by atoms with E-state index in [9.17, 15) is 9.59 Å². The summed E-state index contributed by atoms with van der Waals surface area (Å²) < 4.78 is 0. The van der Waals surface area contributed by atoms with Crippen molar-refractivity contribution in [1.82, 2.24) is 0 Å². The van der Waals surface area contributed by atoms with Crippen molar-refractivity contribution < 1.29 is 9.59 Å². The fourth-order valence-electron chi connectivity index (χ4n) is 0.967. The number of hydrogen-bond acceptors (Lipinski definition) is 3. The lowest BCUT2D eigenvalue weighted by Crippen LogP contribution is -2.28. The molecule has 0 spiro atoms. The minimum Gasteiger partial charge on any atom is -0.300 e. The van der Waals surface area contributed by atoms with Crippen molar-refractivity contribution >= 4 is 24.2 Å². The molecule has 1 heterocycles. The zero-order valence-electron chi connectivity index (χ0n) is 7.02. The maximum absolute atomic E-state index is 11.1. The van der Waals surface area contributed by atoms with Crippen molar-refractivity contribution in [3.05, 3.63) is 0 Å². The second-order valence-electron chi connectivity index (χ2n) is 2.81. The van der Waals surface area contributed by atoms with E-state index in [0.717, 1.165) is 0 Å². The Morgan fingerprint density at radius 1 is 1.67 bits per heavy atom. The predicted molar refractivity (Wildman–Crippen MR) is 45.3 cm³/mol. The van der Waals surface area contributed by atoms with E-state index in [1.165, 1.54) is 19.5 Å². The summed E-state index contributed by atoms with van der Waals surface area (Å²) in [6.07, 6.45) is 2.67. The van der Waals surface area contributed by atoms with Crippen LogP contribution in [0.25, 0.3) is 0 Å². The van der Waals surface area contributed by atoms with E-state index in [2.05, 4.69) is 9.98 Å². The number of nitrogens with zero attached hydrogens (tertiary/aromatic N) is 2. The minimum absolute atomic E-state index is 0.0168. The number of ketones is 1. The normalized spacial score (nSPS) is 24.2. The van der Waals surface area contributed by atoms with Crippen LogP contribution in [0.3, 0.4) is 0 Å². The van der Waals surface area contributed by atoms with Gasteiger partial charge in [-0.3, -0.25) is 9.59 Å². The van der Waals surface area contributed by atoms with E-state index in [4.69, 9.17) is 0 Å². The Morgan fingerprint density at radius 3 is 2.83 bits per heavy atom. The highest BCUT2D eigenvalue weighted by atomic mass is 16.2. The summed E-state index contributed by atoms with van der Waals surface area (Å²) in [5.74, 6) is -1.09. The lowest BCUT2D eigenvalue weighted by molar-refractivity contribution is -0.127. The van der Waals surface area contributed by atoms with Crippen LogP contribution in [0.2, 0.25) is 0 Å². The van der Waals surface area contributed by atoms with Crippen LogP contribution in [0.4, 0.5) is 0 Å². The van der Waals surface area contributed by atoms with Gasteiger partial charge in [-0.1, -0.05) is 6.92 Å². The van der Waals surface area contributed by atoms with Gasteiger partial charge in [-0.05, 0) is 6.92 Å². The van der Waals surface area contributed by atoms with Crippen LogP contribution in [0.5, 0.6) is 0 Å². The van der Waals surface area contributed by atoms with Gasteiger partial charge in [-0.15, -0.1) is 0 Å². The lowest BCUT2D eigenvalue weighted by Gasteiger charge is -2.14. The third-order valence-corrected chi connectivity index (χ3v) is 1.96. The maximum atomic E-state index is 11.1. The fraction of sp³-hybridized carbons (Fsp3) is 0.500. The van der Waals surface area contributed by atoms with Crippen LogP contribution in [-0.2, 0) is 9.59 Å². The monoisotopic (exact) mass is 166 g/mol. The molecule has 4 heteroatoms. The molecular formula is C8H10N2O2. The Morgan fingerprint density at radius 2 is 2.33 bits per heavy atom. The number of carbonyl (C=O) groups is 2. The second kappa shape index (κ2) is 3.38. The van der Waals surface area contributed by atoms with Crippen molar-refractivity contribution in [3.8, 4) is 0 Å². The third-order valence-electron chi connectivity index (χ3n) is 1.96. The molecule has 12 heavy (non-hydrogen) atoms. The van der Waals surface area contributed by atoms with E-state index in [1.54, 1.807) is 6.92 Å². The van der Waals surface area contributed by atoms with Crippen LogP contribution < -0.4 is 0 Å². The number of aliphatic imine (C=N–C) groups is 2. The molecule has 0 N–H and O–H groups in total. The standard InChI is InChI=1S/C8H10N2O2/c1-5(6(2)11)7-3-9-4-10-8(7)12/h3-5,7H,1-2H3. The van der Waals surface area contributed by atoms with E-state index in [-0.39, 0.29) is 17.6 Å². The Kier molecular flexibility index (Phi) is 2.47. The molecule has 0 saturated heterocycles. The molecule has 0 bridgehead atoms. The Labute approximate surface area is 70.4 Å². The molecule has 0 aromatic rings. The molecule has 0 radical (unpaired) electrons. The first kappa shape index (κ1) is 8.77. The second-order valence-corrected chi connectivity index (χ2v) is 2.81. The molecule has 2 atom stereocenters. The molecule has 1 rings (SSSR count). The minimum atomic E-state index is -0.465. The van der Waals surface area contributed by atoms with Gasteiger partial charge in [0.05, 0.1) is 5.92 Å². The average Bonchev–Trinajstić information content (AvgIpc) is 2.04. The first-order chi connectivity index (χ1) is 5.63. The number of rotatable bonds is 2. The van der Waals surface area contributed by atoms with Gasteiger partial charge in [0, 0.05) is 12.1 Å². The summed E-state index contributed by atoms with van der Waals surface area (Å²) in [4.78, 5) is 29.2. The molecule has 0 aliphatic carbocycles. The van der Waals surface area contributed by atoms with Gasteiger partial charge in [0.15, 0.2) is 0 Å². The van der Waals surface area contributed by atoms with Gasteiger partial charge in [-0.2, -0.15) is 0 Å². The van der Waals surface area contributed by atoms with E-state index < -0.39 is 5.92 Å². The van der Waals surface area contributed by atoms with E-state index in [1.807, 2.05) is 0 Å². The molecular weight excluding hydrogens is 156 g/mol. The van der Waals surface area contributed by atoms with Crippen LogP contribution >= 0.6 is 0 Å². The van der Waals surface area contributed by atoms with Crippen molar-refractivity contribution in [2.75, 3.05) is 0 Å². The zero-order chi connectivity index (χ0) is 9.14. The summed E-state index contributed by atoms with van der Waals surface area (Å²) in [6.45, 7) is 3.17. The smallest absolute Gasteiger partial charge is 0.256 e. The third kappa shape index (κ3) is 1.64. The quantitative estimate of drug-likeness (QED) is 0.598. The zero-order valence-corrected chi connectivity index (χ0v) is 7.02. The van der Waals surface area contributed by atoms with Gasteiger partial charge in [0.1, 0.15) is 12.1 Å². The highest BCUT2D eigenvalue weighted by Gasteiger charge is 2.27. The van der Waals surface area contributed by atoms with Crippen LogP contribution in [0.15, 0.2) is 9.98 Å². The average molecular weight is 166 g/mol. The van der Waals surface area contributed by atoms with Crippen LogP contribution in [-0.4, -0.2) is 24.2 Å². The van der Waals surface area contributed by atoms with Gasteiger partial charge >= 0.3 is 0 Å². The fourth-order valence-corrected chi connectivity index (χ4v) is 0.967. The summed E-state index contributed by atoms with van der Waals surface area (Å²) in [7, 11) is 0. The Hall–Kier alpha value is -1.32. The van der Waals surface area contributed by atoms with Crippen LogP contribution in [0.1, 0.15) is 13.8 Å². The molecule has 64 valence electrons. The largest absolute Gasteiger partial charge is 0.300 e. The molecule has 1 amide bonds. The molecule has 0 fully saturated rings. The number of amides is 1. The summed E-state index contributed by atoms with van der Waals surface area (Å²) in [5.41, 5.74) is 0. The van der Waals surface area contributed by atoms with Crippen molar-refractivity contribution in [3.63, 3.8) is 0 Å². The first-order valence-electron chi connectivity index (χ1n) is 3.73. The molecule has 0 aromatic heterocycles. The number of hydrogen-bond donors (Lipinski definition) is 0. The van der Waals surface area contributed by atoms with Crippen LogP contribution in [0, 0.1) is 11.8 Å². The Bertz CT molecular complexity index is 268. The van der Waals surface area contributed by atoms with Crippen molar-refractivity contribution in [1.29, 1.82) is 0 Å². The van der Waals surface area contributed by atoms with Crippen molar-refractivity contribution in [2.24, 2.45) is 21.8 Å². The molecule has 4 nitrogen and oxygen atoms in total. The molecule has 1 aliphatic rings. The van der Waals surface area contributed by atoms with Gasteiger partial charge in [0.25, 0.3) is 5.91 Å². The maximum Gasteiger partial charge on any atom is 0.256 e. The van der Waals surface area contributed by atoms with Gasteiger partial charge in [0.2, 0.25) is 0 Å². The van der Waals surface area contributed by atoms with Crippen molar-refractivity contribution in [2.45, 2.75) is 13.8 Å². The summed E-state index contributed by atoms with van der Waals surface area (Å²) in [6, 6.07) is 0. The predicted octanol–water partition coefficient (Wildman–Crippen LogP) is 0.467. The SMILES string of the molecule is CC(=O)C(C)C1C=NC=NC1=O. The summed E-state index contributed by atoms with van der Waals surface area (Å²) >= 11 is 0. The molecule has 2 unspecified atom stereocenters. The van der Waals surface area contributed by atoms with E-state index >= 15 is 0 Å². The van der Waals surface area contributed by atoms with E-state index in [0.29, 0.717) is 0 Å². The topological polar surface area (TPSA) is 58.9 Å². The number of carbonyl (C=O) groups excluding carboxylic acids is 2. The number of Topliss-reactive ketones (excluding diaryl/α,β-unsaturated/α-hetero) is 1. The first-order valence-corrected chi connectivity index (χ1v) is 3.73. The molecule has 0 aromatic carbocycles. The highest BCUT2D eigenvalue weighted by Crippen LogP contribution is 2.14. The molecule has 0 saturated carbocycles. The lowest BCUT2D eigenvalue weighted by atomic mass is 9.91. The summed E-state index contributed by atoms with van der Waals surface area (Å²) in [5, 5.41) is 0. The molecule has 1 aliphatic heterocycles. The van der Waals surface area contributed by atoms with Gasteiger partial charge < -0.3 is 0 Å². The highest BCUT2D eigenvalue weighted by molar-refractivity contribution is 6.05. The van der Waals surface area contributed by atoms with Gasteiger partial charge in [-0.25, -0.2) is 9.98 Å². The Balaban J connectivity index is 2.76.